The van der Waals surface area contributed by atoms with Gasteiger partial charge in [-0.1, -0.05) is 17.7 Å². The second-order valence-corrected chi connectivity index (χ2v) is 5.80. The lowest BCUT2D eigenvalue weighted by molar-refractivity contribution is 0.171. The SMILES string of the molecule is COc1ccc(CNCc2cc(Cl)c3c(c2)OCCO3)cc1OC. The normalized spacial score (nSPS) is 12.8. The standard InChI is InChI=1S/C18H20ClNO4/c1-21-15-4-3-12(8-16(15)22-2)10-20-11-13-7-14(19)18-17(9-13)23-5-6-24-18/h3-4,7-9,20H,5-6,10-11H2,1-2H3. The molecule has 1 aliphatic rings. The number of nitrogens with one attached hydrogen (secondary N) is 1. The van der Waals surface area contributed by atoms with Crippen molar-refractivity contribution in [1.82, 2.24) is 5.32 Å². The molecule has 1 heterocycles. The van der Waals surface area contributed by atoms with Crippen LogP contribution >= 0.6 is 11.6 Å². The summed E-state index contributed by atoms with van der Waals surface area (Å²) in [7, 11) is 3.26. The van der Waals surface area contributed by atoms with E-state index in [2.05, 4.69) is 5.32 Å². The van der Waals surface area contributed by atoms with Gasteiger partial charge < -0.3 is 24.3 Å². The molecule has 0 atom stereocenters. The van der Waals surface area contributed by atoms with Crippen molar-refractivity contribution in [3.05, 3.63) is 46.5 Å². The molecule has 0 aromatic heterocycles. The first-order valence-corrected chi connectivity index (χ1v) is 8.08. The van der Waals surface area contributed by atoms with Crippen molar-refractivity contribution in [1.29, 1.82) is 0 Å². The molecule has 0 saturated heterocycles. The van der Waals surface area contributed by atoms with E-state index < -0.39 is 0 Å². The van der Waals surface area contributed by atoms with Crippen LogP contribution in [0.5, 0.6) is 23.0 Å². The van der Waals surface area contributed by atoms with Crippen molar-refractivity contribution >= 4 is 11.6 Å². The Kier molecular flexibility index (Phi) is 5.33. The Morgan fingerprint density at radius 2 is 1.71 bits per heavy atom. The highest BCUT2D eigenvalue weighted by atomic mass is 35.5. The van der Waals surface area contributed by atoms with E-state index in [4.69, 9.17) is 30.5 Å². The van der Waals surface area contributed by atoms with Crippen LogP contribution in [-0.4, -0.2) is 27.4 Å². The summed E-state index contributed by atoms with van der Waals surface area (Å²) < 4.78 is 21.7. The summed E-state index contributed by atoms with van der Waals surface area (Å²) in [4.78, 5) is 0. The minimum Gasteiger partial charge on any atom is -0.493 e. The number of ether oxygens (including phenoxy) is 4. The molecule has 128 valence electrons. The summed E-state index contributed by atoms with van der Waals surface area (Å²) in [6, 6.07) is 9.73. The van der Waals surface area contributed by atoms with E-state index >= 15 is 0 Å². The predicted molar refractivity (Wildman–Crippen MR) is 92.5 cm³/mol. The number of methoxy groups -OCH3 is 2. The molecule has 0 unspecified atom stereocenters. The first-order chi connectivity index (χ1) is 11.7. The average Bonchev–Trinajstić information content (AvgIpc) is 2.61. The maximum Gasteiger partial charge on any atom is 0.179 e. The minimum atomic E-state index is 0.531. The van der Waals surface area contributed by atoms with Crippen LogP contribution in [0.2, 0.25) is 5.02 Å². The van der Waals surface area contributed by atoms with Gasteiger partial charge >= 0.3 is 0 Å². The maximum absolute atomic E-state index is 6.25. The van der Waals surface area contributed by atoms with Gasteiger partial charge in [0.05, 0.1) is 19.2 Å². The summed E-state index contributed by atoms with van der Waals surface area (Å²) in [5.74, 6) is 2.78. The van der Waals surface area contributed by atoms with Crippen LogP contribution in [0.25, 0.3) is 0 Å². The molecule has 2 aromatic carbocycles. The van der Waals surface area contributed by atoms with Gasteiger partial charge in [0.15, 0.2) is 23.0 Å². The quantitative estimate of drug-likeness (QED) is 0.866. The summed E-state index contributed by atoms with van der Waals surface area (Å²) in [6.45, 7) is 2.45. The topological polar surface area (TPSA) is 49.0 Å². The Labute approximate surface area is 146 Å². The first-order valence-electron chi connectivity index (χ1n) is 7.71. The molecule has 0 radical (unpaired) electrons. The third-order valence-electron chi connectivity index (χ3n) is 3.76. The van der Waals surface area contributed by atoms with Gasteiger partial charge in [0.1, 0.15) is 13.2 Å². The van der Waals surface area contributed by atoms with Crippen molar-refractivity contribution < 1.29 is 18.9 Å². The molecule has 5 nitrogen and oxygen atoms in total. The summed E-state index contributed by atoms with van der Waals surface area (Å²) in [5, 5.41) is 3.97. The van der Waals surface area contributed by atoms with Crippen LogP contribution in [0.4, 0.5) is 0 Å². The number of hydrogen-bond donors (Lipinski definition) is 1. The van der Waals surface area contributed by atoms with Crippen molar-refractivity contribution in [2.24, 2.45) is 0 Å². The van der Waals surface area contributed by atoms with Crippen LogP contribution in [0.15, 0.2) is 30.3 Å². The molecule has 0 fully saturated rings. The van der Waals surface area contributed by atoms with Gasteiger partial charge in [-0.25, -0.2) is 0 Å². The third-order valence-corrected chi connectivity index (χ3v) is 4.04. The molecule has 0 amide bonds. The van der Waals surface area contributed by atoms with Crippen LogP contribution in [0.1, 0.15) is 11.1 Å². The smallest absolute Gasteiger partial charge is 0.179 e. The maximum atomic E-state index is 6.25. The Morgan fingerprint density at radius 3 is 2.50 bits per heavy atom. The van der Waals surface area contributed by atoms with E-state index in [1.165, 1.54) is 0 Å². The zero-order valence-corrected chi connectivity index (χ0v) is 14.5. The molecule has 0 bridgehead atoms. The molecule has 24 heavy (non-hydrogen) atoms. The number of rotatable bonds is 6. The largest absolute Gasteiger partial charge is 0.493 e. The Bertz CT molecular complexity index is 720. The zero-order valence-electron chi connectivity index (χ0n) is 13.7. The highest BCUT2D eigenvalue weighted by molar-refractivity contribution is 6.32. The second-order valence-electron chi connectivity index (χ2n) is 5.39. The van der Waals surface area contributed by atoms with Gasteiger partial charge in [0, 0.05) is 13.1 Å². The summed E-state index contributed by atoms with van der Waals surface area (Å²) in [6.07, 6.45) is 0. The zero-order chi connectivity index (χ0) is 16.9. The van der Waals surface area contributed by atoms with Crippen molar-refractivity contribution in [3.8, 4) is 23.0 Å². The predicted octanol–water partition coefficient (Wildman–Crippen LogP) is 3.42. The molecule has 1 aliphatic heterocycles. The molecule has 0 aliphatic carbocycles. The van der Waals surface area contributed by atoms with E-state index in [9.17, 15) is 0 Å². The van der Waals surface area contributed by atoms with E-state index in [0.717, 1.165) is 22.6 Å². The van der Waals surface area contributed by atoms with Gasteiger partial charge in [0.25, 0.3) is 0 Å². The van der Waals surface area contributed by atoms with Gasteiger partial charge in [0.2, 0.25) is 0 Å². The Balaban J connectivity index is 1.63. The van der Waals surface area contributed by atoms with E-state index in [1.807, 2.05) is 30.3 Å². The minimum absolute atomic E-state index is 0.531. The molecular weight excluding hydrogens is 330 g/mol. The fraction of sp³-hybridized carbons (Fsp3) is 0.333. The van der Waals surface area contributed by atoms with Crippen molar-refractivity contribution in [3.63, 3.8) is 0 Å². The van der Waals surface area contributed by atoms with Gasteiger partial charge in [-0.15, -0.1) is 0 Å². The van der Waals surface area contributed by atoms with E-state index in [1.54, 1.807) is 14.2 Å². The molecular formula is C18H20ClNO4. The lowest BCUT2D eigenvalue weighted by atomic mass is 10.1. The van der Waals surface area contributed by atoms with Crippen molar-refractivity contribution in [2.45, 2.75) is 13.1 Å². The Morgan fingerprint density at radius 1 is 0.958 bits per heavy atom. The average molecular weight is 350 g/mol. The van der Waals surface area contributed by atoms with Crippen molar-refractivity contribution in [2.75, 3.05) is 27.4 Å². The van der Waals surface area contributed by atoms with Crippen LogP contribution in [0, 0.1) is 0 Å². The molecule has 1 N–H and O–H groups in total. The second kappa shape index (κ2) is 7.64. The fourth-order valence-electron chi connectivity index (χ4n) is 2.61. The Hall–Kier alpha value is -2.11. The van der Waals surface area contributed by atoms with Gasteiger partial charge in [-0.3, -0.25) is 0 Å². The number of halogens is 1. The molecule has 0 spiro atoms. The van der Waals surface area contributed by atoms with E-state index in [0.29, 0.717) is 42.8 Å². The summed E-state index contributed by atoms with van der Waals surface area (Å²) >= 11 is 6.25. The van der Waals surface area contributed by atoms with Crippen LogP contribution in [0.3, 0.4) is 0 Å². The number of fused-ring (bicyclic) bond motifs is 1. The van der Waals surface area contributed by atoms with E-state index in [-0.39, 0.29) is 0 Å². The molecule has 0 saturated carbocycles. The monoisotopic (exact) mass is 349 g/mol. The molecule has 3 rings (SSSR count). The lowest BCUT2D eigenvalue weighted by Crippen LogP contribution is -2.17. The summed E-state index contributed by atoms with van der Waals surface area (Å²) in [5.41, 5.74) is 2.15. The van der Waals surface area contributed by atoms with Crippen LogP contribution in [-0.2, 0) is 13.1 Å². The number of hydrogen-bond acceptors (Lipinski definition) is 5. The lowest BCUT2D eigenvalue weighted by Gasteiger charge is -2.20. The van der Waals surface area contributed by atoms with Gasteiger partial charge in [-0.2, -0.15) is 0 Å². The van der Waals surface area contributed by atoms with Gasteiger partial charge in [-0.05, 0) is 35.4 Å². The number of benzene rings is 2. The highest BCUT2D eigenvalue weighted by Gasteiger charge is 2.16. The highest BCUT2D eigenvalue weighted by Crippen LogP contribution is 2.38. The molecule has 2 aromatic rings. The first kappa shape index (κ1) is 16.7. The fourth-order valence-corrected chi connectivity index (χ4v) is 2.90. The molecule has 6 heteroatoms. The van der Waals surface area contributed by atoms with Crippen LogP contribution < -0.4 is 24.3 Å². The third kappa shape index (κ3) is 3.68.